The van der Waals surface area contributed by atoms with Crippen LogP contribution in [0, 0.1) is 11.3 Å². The minimum atomic E-state index is 0.0473. The van der Waals surface area contributed by atoms with Gasteiger partial charge in [-0.05, 0) is 30.5 Å². The molecule has 1 atom stereocenters. The van der Waals surface area contributed by atoms with Crippen LogP contribution >= 0.6 is 0 Å². The topological polar surface area (TPSA) is 45.5 Å². The molecule has 0 bridgehead atoms. The Morgan fingerprint density at radius 1 is 1.43 bits per heavy atom. The van der Waals surface area contributed by atoms with Crippen molar-refractivity contribution in [2.45, 2.75) is 37.5 Å². The first-order valence-electron chi connectivity index (χ1n) is 7.61. The van der Waals surface area contributed by atoms with Gasteiger partial charge in [0, 0.05) is 33.2 Å². The zero-order valence-corrected chi connectivity index (χ0v) is 12.5. The summed E-state index contributed by atoms with van der Waals surface area (Å²) < 4.78 is 11.4. The number of rotatable bonds is 3. The third-order valence-electron chi connectivity index (χ3n) is 4.74. The summed E-state index contributed by atoms with van der Waals surface area (Å²) >= 11 is 0. The number of benzene rings is 1. The normalized spacial score (nSPS) is 25.0. The van der Waals surface area contributed by atoms with E-state index in [0.29, 0.717) is 0 Å². The predicted octanol–water partition coefficient (Wildman–Crippen LogP) is 2.33. The monoisotopic (exact) mass is 286 g/mol. The molecule has 1 aromatic carbocycles. The number of piperidine rings is 1. The lowest BCUT2D eigenvalue weighted by Gasteiger charge is -2.38. The third kappa shape index (κ3) is 3.26. The minimum Gasteiger partial charge on any atom is -0.379 e. The van der Waals surface area contributed by atoms with E-state index in [1.54, 1.807) is 7.11 Å². The lowest BCUT2D eigenvalue weighted by atomic mass is 9.88. The van der Waals surface area contributed by atoms with E-state index in [1.807, 2.05) is 18.2 Å². The molecule has 0 N–H and O–H groups in total. The summed E-state index contributed by atoms with van der Waals surface area (Å²) in [6.45, 7) is 3.75. The van der Waals surface area contributed by atoms with E-state index < -0.39 is 0 Å². The second-order valence-electron chi connectivity index (χ2n) is 6.14. The van der Waals surface area contributed by atoms with Gasteiger partial charge in [-0.25, -0.2) is 0 Å². The molecule has 4 nitrogen and oxygen atoms in total. The number of methoxy groups -OCH3 is 1. The number of hydrogen-bond acceptors (Lipinski definition) is 4. The quantitative estimate of drug-likeness (QED) is 0.855. The third-order valence-corrected chi connectivity index (χ3v) is 4.74. The van der Waals surface area contributed by atoms with Gasteiger partial charge in [-0.3, -0.25) is 4.90 Å². The number of nitrogens with zero attached hydrogens (tertiary/aromatic N) is 2. The molecule has 2 fully saturated rings. The van der Waals surface area contributed by atoms with Crippen LogP contribution in [0.15, 0.2) is 24.3 Å². The van der Waals surface area contributed by atoms with Crippen LogP contribution in [0.4, 0.5) is 0 Å². The van der Waals surface area contributed by atoms with Crippen LogP contribution in [0.5, 0.6) is 0 Å². The molecule has 1 aromatic rings. The highest BCUT2D eigenvalue weighted by molar-refractivity contribution is 5.32. The number of hydrogen-bond donors (Lipinski definition) is 0. The van der Waals surface area contributed by atoms with E-state index >= 15 is 0 Å². The van der Waals surface area contributed by atoms with Gasteiger partial charge in [0.25, 0.3) is 0 Å². The molecule has 0 unspecified atom stereocenters. The molecule has 0 aromatic heterocycles. The highest BCUT2D eigenvalue weighted by Crippen LogP contribution is 2.37. The van der Waals surface area contributed by atoms with Crippen LogP contribution in [0.25, 0.3) is 0 Å². The lowest BCUT2D eigenvalue weighted by Crippen LogP contribution is -2.43. The molecular formula is C17H22N2O2. The molecule has 2 heterocycles. The first kappa shape index (κ1) is 14.5. The van der Waals surface area contributed by atoms with Crippen molar-refractivity contribution in [3.8, 4) is 6.07 Å². The SMILES string of the molecule is CO[C@@H]1COC2(CCN(Cc3cccc(C#N)c3)CC2)C1. The molecule has 1 spiro atoms. The van der Waals surface area contributed by atoms with Gasteiger partial charge >= 0.3 is 0 Å². The number of likely N-dealkylation sites (tertiary alicyclic amines) is 1. The lowest BCUT2D eigenvalue weighted by molar-refractivity contribution is -0.0460. The first-order chi connectivity index (χ1) is 10.2. The molecule has 2 saturated heterocycles. The zero-order valence-electron chi connectivity index (χ0n) is 12.5. The van der Waals surface area contributed by atoms with Crippen molar-refractivity contribution >= 4 is 0 Å². The average Bonchev–Trinajstić information content (AvgIpc) is 2.93. The average molecular weight is 286 g/mol. The Morgan fingerprint density at radius 3 is 2.90 bits per heavy atom. The van der Waals surface area contributed by atoms with Crippen molar-refractivity contribution in [1.29, 1.82) is 5.26 Å². The summed E-state index contributed by atoms with van der Waals surface area (Å²) in [7, 11) is 1.77. The van der Waals surface area contributed by atoms with Crippen LogP contribution in [0.2, 0.25) is 0 Å². The second kappa shape index (κ2) is 6.15. The molecule has 21 heavy (non-hydrogen) atoms. The van der Waals surface area contributed by atoms with Crippen LogP contribution in [0.1, 0.15) is 30.4 Å². The molecule has 2 aliphatic heterocycles. The maximum atomic E-state index is 8.96. The predicted molar refractivity (Wildman–Crippen MR) is 79.8 cm³/mol. The van der Waals surface area contributed by atoms with Crippen molar-refractivity contribution in [2.24, 2.45) is 0 Å². The van der Waals surface area contributed by atoms with E-state index in [-0.39, 0.29) is 11.7 Å². The van der Waals surface area contributed by atoms with E-state index in [1.165, 1.54) is 5.56 Å². The van der Waals surface area contributed by atoms with Gasteiger partial charge in [0.2, 0.25) is 0 Å². The smallest absolute Gasteiger partial charge is 0.0991 e. The Morgan fingerprint density at radius 2 is 2.24 bits per heavy atom. The molecule has 112 valence electrons. The maximum Gasteiger partial charge on any atom is 0.0991 e. The van der Waals surface area contributed by atoms with Crippen molar-refractivity contribution < 1.29 is 9.47 Å². The van der Waals surface area contributed by atoms with Crippen LogP contribution < -0.4 is 0 Å². The van der Waals surface area contributed by atoms with Gasteiger partial charge in [-0.15, -0.1) is 0 Å². The first-order valence-corrected chi connectivity index (χ1v) is 7.61. The van der Waals surface area contributed by atoms with Crippen molar-refractivity contribution in [3.63, 3.8) is 0 Å². The Hall–Kier alpha value is -1.41. The van der Waals surface area contributed by atoms with Crippen molar-refractivity contribution in [1.82, 2.24) is 4.90 Å². The van der Waals surface area contributed by atoms with E-state index in [0.717, 1.165) is 51.1 Å². The summed E-state index contributed by atoms with van der Waals surface area (Å²) in [6.07, 6.45) is 3.44. The maximum absolute atomic E-state index is 8.96. The van der Waals surface area contributed by atoms with E-state index in [9.17, 15) is 0 Å². The summed E-state index contributed by atoms with van der Waals surface area (Å²) in [5.41, 5.74) is 2.00. The van der Waals surface area contributed by atoms with Crippen LogP contribution in [0.3, 0.4) is 0 Å². The van der Waals surface area contributed by atoms with E-state index in [2.05, 4.69) is 17.0 Å². The molecule has 0 saturated carbocycles. The van der Waals surface area contributed by atoms with Gasteiger partial charge in [0.1, 0.15) is 0 Å². The van der Waals surface area contributed by atoms with Gasteiger partial charge in [0.05, 0.1) is 29.9 Å². The van der Waals surface area contributed by atoms with Crippen molar-refractivity contribution in [2.75, 3.05) is 26.8 Å². The zero-order chi connectivity index (χ0) is 14.7. The minimum absolute atomic E-state index is 0.0473. The summed E-state index contributed by atoms with van der Waals surface area (Å²) in [4.78, 5) is 2.45. The molecule has 2 aliphatic rings. The van der Waals surface area contributed by atoms with Gasteiger partial charge in [-0.2, -0.15) is 5.26 Å². The standard InChI is InChI=1S/C17H22N2O2/c1-20-16-10-17(21-13-16)5-7-19(8-6-17)12-15-4-2-3-14(9-15)11-18/h2-4,9,16H,5-8,10,12-13H2,1H3/t16-/m0/s1. The Bertz CT molecular complexity index is 530. The highest BCUT2D eigenvalue weighted by atomic mass is 16.6. The Balaban J connectivity index is 1.55. The second-order valence-corrected chi connectivity index (χ2v) is 6.14. The molecule has 0 radical (unpaired) electrons. The fourth-order valence-electron chi connectivity index (χ4n) is 3.42. The van der Waals surface area contributed by atoms with E-state index in [4.69, 9.17) is 14.7 Å². The number of nitriles is 1. The van der Waals surface area contributed by atoms with Crippen LogP contribution in [-0.2, 0) is 16.0 Å². The van der Waals surface area contributed by atoms with Gasteiger partial charge < -0.3 is 9.47 Å². The van der Waals surface area contributed by atoms with Gasteiger partial charge in [0.15, 0.2) is 0 Å². The largest absolute Gasteiger partial charge is 0.379 e. The fraction of sp³-hybridized carbons (Fsp3) is 0.588. The number of ether oxygens (including phenoxy) is 2. The summed E-state index contributed by atoms with van der Waals surface area (Å²) in [6, 6.07) is 10.1. The molecule has 0 aliphatic carbocycles. The molecular weight excluding hydrogens is 264 g/mol. The summed E-state index contributed by atoms with van der Waals surface area (Å²) in [5, 5.41) is 8.96. The fourth-order valence-corrected chi connectivity index (χ4v) is 3.42. The Labute approximate surface area is 126 Å². The molecule has 0 amide bonds. The molecule has 4 heteroatoms. The summed E-state index contributed by atoms with van der Waals surface area (Å²) in [5.74, 6) is 0. The van der Waals surface area contributed by atoms with Crippen molar-refractivity contribution in [3.05, 3.63) is 35.4 Å². The molecule has 3 rings (SSSR count). The highest BCUT2D eigenvalue weighted by Gasteiger charge is 2.42. The van der Waals surface area contributed by atoms with Gasteiger partial charge in [-0.1, -0.05) is 12.1 Å². The van der Waals surface area contributed by atoms with Crippen LogP contribution in [-0.4, -0.2) is 43.4 Å². The Kier molecular flexibility index (Phi) is 4.25.